The molecular weight excluding hydrogens is 176 g/mol. The van der Waals surface area contributed by atoms with Gasteiger partial charge in [0.25, 0.3) is 0 Å². The van der Waals surface area contributed by atoms with E-state index in [0.29, 0.717) is 0 Å². The van der Waals surface area contributed by atoms with Gasteiger partial charge in [0.1, 0.15) is 5.82 Å². The minimum absolute atomic E-state index is 0.111. The molecule has 64 valence electrons. The number of pyridine rings is 1. The molecule has 0 fully saturated rings. The first-order valence-electron chi connectivity index (χ1n) is 3.23. The molecule has 2 aromatic heterocycles. The average Bonchev–Trinajstić information content (AvgIpc) is 2.48. The lowest BCUT2D eigenvalue weighted by molar-refractivity contribution is -0.782. The Morgan fingerprint density at radius 1 is 1.62 bits per heavy atom. The second kappa shape index (κ2) is 2.61. The van der Waals surface area contributed by atoms with Crippen molar-refractivity contribution in [2.45, 2.75) is 0 Å². The molecule has 2 aromatic rings. The first kappa shape index (κ1) is 7.32. The summed E-state index contributed by atoms with van der Waals surface area (Å²) in [5.74, 6) is 0.143. The molecule has 13 heavy (non-hydrogen) atoms. The van der Waals surface area contributed by atoms with E-state index in [1.807, 2.05) is 0 Å². The molecule has 2 rings (SSSR count). The van der Waals surface area contributed by atoms with Crippen LogP contribution >= 0.6 is 0 Å². The summed E-state index contributed by atoms with van der Waals surface area (Å²) in [7, 11) is 0. The van der Waals surface area contributed by atoms with Crippen LogP contribution in [0.15, 0.2) is 21.9 Å². The maximum absolute atomic E-state index is 10.8. The van der Waals surface area contributed by atoms with E-state index in [0.717, 1.165) is 0 Å². The van der Waals surface area contributed by atoms with Crippen LogP contribution in [0, 0.1) is 5.21 Å². The maximum Gasteiger partial charge on any atom is 0.340 e. The number of fused-ring (bicyclic) bond motifs is 1. The molecule has 0 bridgehead atoms. The predicted molar refractivity (Wildman–Crippen MR) is 39.6 cm³/mol. The van der Waals surface area contributed by atoms with Crippen molar-refractivity contribution in [3.63, 3.8) is 0 Å². The Bertz CT molecular complexity index is 499. The van der Waals surface area contributed by atoms with Crippen LogP contribution in [0.5, 0.6) is 0 Å². The third kappa shape index (κ3) is 1.10. The molecule has 0 spiro atoms. The van der Waals surface area contributed by atoms with Crippen molar-refractivity contribution in [2.24, 2.45) is 5.11 Å². The fourth-order valence-corrected chi connectivity index (χ4v) is 0.862. The first-order valence-corrected chi connectivity index (χ1v) is 3.23. The minimum atomic E-state index is 0.111. The molecule has 0 aromatic carbocycles. The summed E-state index contributed by atoms with van der Waals surface area (Å²) < 4.78 is 4.26. The highest BCUT2D eigenvalue weighted by molar-refractivity contribution is 5.66. The average molecular weight is 178 g/mol. The summed E-state index contributed by atoms with van der Waals surface area (Å²) in [5.41, 5.74) is 8.41. The highest BCUT2D eigenvalue weighted by Gasteiger charge is 2.09. The van der Waals surface area contributed by atoms with Gasteiger partial charge in [0.2, 0.25) is 5.52 Å². The number of hydrogen-bond acceptors (Lipinski definition) is 5. The number of nitrogens with zero attached hydrogens (tertiary/aromatic N) is 6. The Morgan fingerprint density at radius 3 is 3.23 bits per heavy atom. The monoisotopic (exact) mass is 178 g/mol. The largest absolute Gasteiger partial charge is 0.359 e. The van der Waals surface area contributed by atoms with Crippen LogP contribution < -0.4 is 4.90 Å². The fourth-order valence-electron chi connectivity index (χ4n) is 0.862. The van der Waals surface area contributed by atoms with Gasteiger partial charge in [-0.25, -0.2) is 0 Å². The van der Waals surface area contributed by atoms with Crippen molar-refractivity contribution in [2.75, 3.05) is 0 Å². The molecule has 0 aliphatic heterocycles. The standard InChI is InChI=1S/C5H2N6O2/c6-10-8-4-2-1-3-5(7-4)9-13-11(3)12/h1-2H. The summed E-state index contributed by atoms with van der Waals surface area (Å²) in [5, 5.41) is 17.4. The van der Waals surface area contributed by atoms with E-state index in [2.05, 4.69) is 24.8 Å². The van der Waals surface area contributed by atoms with Crippen LogP contribution in [-0.2, 0) is 0 Å². The fraction of sp³-hybridized carbons (Fsp3) is 0. The lowest BCUT2D eigenvalue weighted by atomic mass is 10.4. The second-order valence-corrected chi connectivity index (χ2v) is 2.13. The Labute approximate surface area is 70.6 Å². The van der Waals surface area contributed by atoms with E-state index < -0.39 is 0 Å². The molecule has 0 aliphatic carbocycles. The van der Waals surface area contributed by atoms with Gasteiger partial charge in [-0.15, -0.1) is 0 Å². The van der Waals surface area contributed by atoms with Crippen LogP contribution in [0.3, 0.4) is 0 Å². The Hall–Kier alpha value is -2.34. The van der Waals surface area contributed by atoms with Crippen molar-refractivity contribution in [3.05, 3.63) is 27.8 Å². The topological polar surface area (TPSA) is 115 Å². The van der Waals surface area contributed by atoms with Crippen molar-refractivity contribution < 1.29 is 9.53 Å². The van der Waals surface area contributed by atoms with Gasteiger partial charge in [0.05, 0.1) is 5.16 Å². The van der Waals surface area contributed by atoms with Crippen LogP contribution in [-0.4, -0.2) is 10.1 Å². The number of azide groups is 1. The van der Waals surface area contributed by atoms with Crippen molar-refractivity contribution >= 4 is 17.0 Å². The molecule has 0 N–H and O–H groups in total. The Kier molecular flexibility index (Phi) is 1.47. The molecule has 2 heterocycles. The first-order chi connectivity index (χ1) is 6.31. The highest BCUT2D eigenvalue weighted by Crippen LogP contribution is 2.12. The quantitative estimate of drug-likeness (QED) is 0.278. The van der Waals surface area contributed by atoms with E-state index in [4.69, 9.17) is 5.53 Å². The van der Waals surface area contributed by atoms with Crippen LogP contribution in [0.2, 0.25) is 0 Å². The zero-order valence-corrected chi connectivity index (χ0v) is 6.15. The van der Waals surface area contributed by atoms with Gasteiger partial charge >= 0.3 is 5.65 Å². The van der Waals surface area contributed by atoms with Gasteiger partial charge in [-0.2, -0.15) is 4.98 Å². The smallest absolute Gasteiger partial charge is 0.340 e. The van der Waals surface area contributed by atoms with Gasteiger partial charge < -0.3 is 5.21 Å². The molecule has 0 unspecified atom stereocenters. The SMILES string of the molecule is [N-]=[N+]=Nc1ccc2c(no[n+]2[O-])n1. The lowest BCUT2D eigenvalue weighted by Gasteiger charge is -1.86. The summed E-state index contributed by atoms with van der Waals surface area (Å²) >= 11 is 0. The van der Waals surface area contributed by atoms with E-state index >= 15 is 0 Å². The highest BCUT2D eigenvalue weighted by atomic mass is 16.8. The van der Waals surface area contributed by atoms with E-state index in [-0.39, 0.29) is 21.9 Å². The van der Waals surface area contributed by atoms with Gasteiger partial charge in [-0.3, -0.25) is 4.63 Å². The van der Waals surface area contributed by atoms with Crippen LogP contribution in [0.25, 0.3) is 21.6 Å². The van der Waals surface area contributed by atoms with Gasteiger partial charge in [0, 0.05) is 4.91 Å². The molecular formula is C5H2N6O2. The molecule has 8 nitrogen and oxygen atoms in total. The zero-order chi connectivity index (χ0) is 9.26. The molecule has 0 radical (unpaired) electrons. The number of hydrogen-bond donors (Lipinski definition) is 0. The normalized spacial score (nSPS) is 9.85. The van der Waals surface area contributed by atoms with E-state index in [1.54, 1.807) is 0 Å². The summed E-state index contributed by atoms with van der Waals surface area (Å²) in [6, 6.07) is 2.81. The Morgan fingerprint density at radius 2 is 2.46 bits per heavy atom. The zero-order valence-electron chi connectivity index (χ0n) is 6.15. The van der Waals surface area contributed by atoms with Crippen molar-refractivity contribution in [3.8, 4) is 0 Å². The molecule has 0 aliphatic rings. The maximum atomic E-state index is 10.8. The summed E-state index contributed by atoms with van der Waals surface area (Å²) in [4.78, 5) is 6.50. The molecule has 0 amide bonds. The summed E-state index contributed by atoms with van der Waals surface area (Å²) in [6.07, 6.45) is 0. The van der Waals surface area contributed by atoms with Gasteiger partial charge in [-0.1, -0.05) is 0 Å². The molecule has 0 atom stereocenters. The third-order valence-electron chi connectivity index (χ3n) is 1.39. The molecule has 8 heteroatoms. The summed E-state index contributed by atoms with van der Waals surface area (Å²) in [6.45, 7) is 0. The van der Waals surface area contributed by atoms with Gasteiger partial charge in [0.15, 0.2) is 0 Å². The van der Waals surface area contributed by atoms with Crippen LogP contribution in [0.4, 0.5) is 5.82 Å². The van der Waals surface area contributed by atoms with Crippen molar-refractivity contribution in [1.82, 2.24) is 10.1 Å². The van der Waals surface area contributed by atoms with E-state index in [9.17, 15) is 5.21 Å². The molecule has 0 saturated carbocycles. The lowest BCUT2D eigenvalue weighted by Crippen LogP contribution is -2.22. The minimum Gasteiger partial charge on any atom is -0.359 e. The number of rotatable bonds is 1. The van der Waals surface area contributed by atoms with Crippen molar-refractivity contribution in [1.29, 1.82) is 0 Å². The Balaban J connectivity index is 2.69. The number of aromatic nitrogens is 3. The second-order valence-electron chi connectivity index (χ2n) is 2.13. The molecule has 0 saturated heterocycles. The van der Waals surface area contributed by atoms with E-state index in [1.165, 1.54) is 12.1 Å². The van der Waals surface area contributed by atoms with Crippen LogP contribution in [0.1, 0.15) is 0 Å². The third-order valence-corrected chi connectivity index (χ3v) is 1.39. The predicted octanol–water partition coefficient (Wildman–Crippen LogP) is 0.798. The van der Waals surface area contributed by atoms with Gasteiger partial charge in [-0.05, 0) is 27.7 Å².